The highest BCUT2D eigenvalue weighted by Gasteiger charge is 2.36. The van der Waals surface area contributed by atoms with Crippen molar-refractivity contribution in [3.8, 4) is 0 Å². The number of para-hydroxylation sites is 1. The van der Waals surface area contributed by atoms with E-state index in [1.807, 2.05) is 38.1 Å². The van der Waals surface area contributed by atoms with Crippen LogP contribution in [-0.4, -0.2) is 17.6 Å². The van der Waals surface area contributed by atoms with Crippen LogP contribution in [0.3, 0.4) is 0 Å². The number of amides is 2. The number of anilines is 2. The van der Waals surface area contributed by atoms with Crippen LogP contribution in [0.2, 0.25) is 0 Å². The van der Waals surface area contributed by atoms with Crippen molar-refractivity contribution >= 4 is 29.0 Å². The number of hydrogen-bond acceptors (Lipinski definition) is 3. The van der Waals surface area contributed by atoms with Crippen LogP contribution in [0.1, 0.15) is 56.5 Å². The summed E-state index contributed by atoms with van der Waals surface area (Å²) in [5.74, 6) is -0.597. The molecule has 5 nitrogen and oxygen atoms in total. The first-order chi connectivity index (χ1) is 12.6. The minimum absolute atomic E-state index is 0.0450. The van der Waals surface area contributed by atoms with Crippen molar-refractivity contribution in [3.63, 3.8) is 0 Å². The topological polar surface area (TPSA) is 75.3 Å². The van der Waals surface area contributed by atoms with E-state index < -0.39 is 11.3 Å². The fourth-order valence-corrected chi connectivity index (χ4v) is 2.57. The predicted octanol–water partition coefficient (Wildman–Crippen LogP) is 4.62. The fourth-order valence-electron chi connectivity index (χ4n) is 2.57. The van der Waals surface area contributed by atoms with Gasteiger partial charge >= 0.3 is 0 Å². The van der Waals surface area contributed by atoms with Crippen molar-refractivity contribution in [3.05, 3.63) is 59.7 Å². The average molecular weight is 366 g/mol. The van der Waals surface area contributed by atoms with Gasteiger partial charge in [0.15, 0.2) is 5.78 Å². The molecule has 5 heteroatoms. The Morgan fingerprint density at radius 2 is 1.41 bits per heavy atom. The lowest BCUT2D eigenvalue weighted by Gasteiger charge is -2.24. The predicted molar refractivity (Wildman–Crippen MR) is 108 cm³/mol. The Labute approximate surface area is 160 Å². The van der Waals surface area contributed by atoms with Crippen LogP contribution in [0.4, 0.5) is 11.4 Å². The largest absolute Gasteiger partial charge is 0.325 e. The van der Waals surface area contributed by atoms with Gasteiger partial charge < -0.3 is 10.6 Å². The molecule has 0 aliphatic carbocycles. The van der Waals surface area contributed by atoms with E-state index in [0.29, 0.717) is 16.9 Å². The normalized spacial score (nSPS) is 11.2. The van der Waals surface area contributed by atoms with Crippen LogP contribution in [0.5, 0.6) is 0 Å². The number of nitrogens with one attached hydrogen (secondary N) is 2. The summed E-state index contributed by atoms with van der Waals surface area (Å²) in [6.07, 6.45) is 0. The molecule has 0 aromatic heterocycles. The maximum absolute atomic E-state index is 12.8. The zero-order chi connectivity index (χ0) is 20.2. The average Bonchev–Trinajstić information content (AvgIpc) is 2.62. The Morgan fingerprint density at radius 1 is 0.852 bits per heavy atom. The van der Waals surface area contributed by atoms with E-state index in [-0.39, 0.29) is 17.6 Å². The maximum Gasteiger partial charge on any atom is 0.239 e. The molecule has 0 spiro atoms. The Bertz CT molecular complexity index is 852. The molecule has 2 rings (SSSR count). The van der Waals surface area contributed by atoms with E-state index in [0.717, 1.165) is 5.56 Å². The second kappa shape index (κ2) is 8.16. The number of benzene rings is 2. The molecule has 0 heterocycles. The van der Waals surface area contributed by atoms with E-state index in [1.165, 1.54) is 6.92 Å². The summed E-state index contributed by atoms with van der Waals surface area (Å²) >= 11 is 0. The molecular weight excluding hydrogens is 340 g/mol. The Balaban J connectivity index is 2.13. The van der Waals surface area contributed by atoms with Crippen LogP contribution < -0.4 is 10.6 Å². The summed E-state index contributed by atoms with van der Waals surface area (Å²) in [4.78, 5) is 36.8. The molecule has 0 fully saturated rings. The third-order valence-electron chi connectivity index (χ3n) is 4.52. The van der Waals surface area contributed by atoms with Gasteiger partial charge in [-0.15, -0.1) is 0 Å². The van der Waals surface area contributed by atoms with Crippen molar-refractivity contribution in [2.75, 3.05) is 10.6 Å². The first kappa shape index (κ1) is 20.4. The minimum Gasteiger partial charge on any atom is -0.325 e. The maximum atomic E-state index is 12.8. The second-order valence-electron chi connectivity index (χ2n) is 7.41. The van der Waals surface area contributed by atoms with Crippen LogP contribution in [-0.2, 0) is 9.59 Å². The molecule has 0 saturated carbocycles. The molecule has 0 aliphatic heterocycles. The van der Waals surface area contributed by atoms with Crippen molar-refractivity contribution in [2.45, 2.75) is 40.5 Å². The summed E-state index contributed by atoms with van der Waals surface area (Å²) in [6, 6.07) is 14.2. The van der Waals surface area contributed by atoms with Crippen LogP contribution in [0.15, 0.2) is 48.5 Å². The first-order valence-electron chi connectivity index (χ1n) is 8.95. The van der Waals surface area contributed by atoms with Crippen LogP contribution in [0, 0.1) is 5.41 Å². The quantitative estimate of drug-likeness (QED) is 0.579. The zero-order valence-corrected chi connectivity index (χ0v) is 16.4. The zero-order valence-electron chi connectivity index (χ0n) is 16.4. The van der Waals surface area contributed by atoms with Crippen LogP contribution in [0.25, 0.3) is 0 Å². The number of carbonyl (C=O) groups excluding carboxylic acids is 3. The molecule has 0 saturated heterocycles. The molecule has 0 radical (unpaired) electrons. The van der Waals surface area contributed by atoms with E-state index in [4.69, 9.17) is 0 Å². The van der Waals surface area contributed by atoms with E-state index >= 15 is 0 Å². The van der Waals surface area contributed by atoms with Crippen LogP contribution >= 0.6 is 0 Å². The van der Waals surface area contributed by atoms with Crippen molar-refractivity contribution in [1.29, 1.82) is 0 Å². The summed E-state index contributed by atoms with van der Waals surface area (Å²) < 4.78 is 0. The molecule has 0 atom stereocenters. The lowest BCUT2D eigenvalue weighted by atomic mass is 9.90. The Morgan fingerprint density at radius 3 is 1.96 bits per heavy atom. The number of rotatable bonds is 6. The van der Waals surface area contributed by atoms with Gasteiger partial charge in [-0.2, -0.15) is 0 Å². The molecule has 2 N–H and O–H groups in total. The third-order valence-corrected chi connectivity index (χ3v) is 4.52. The summed E-state index contributed by atoms with van der Waals surface area (Å²) in [6.45, 7) is 8.75. The smallest absolute Gasteiger partial charge is 0.239 e. The molecular formula is C22H26N2O3. The van der Waals surface area contributed by atoms with Gasteiger partial charge in [0.05, 0.1) is 0 Å². The number of Topliss-reactive ketones (excluding diaryl/α,β-unsaturated/α-hetero) is 1. The number of ketones is 1. The van der Waals surface area contributed by atoms with Gasteiger partial charge in [0, 0.05) is 16.9 Å². The standard InChI is InChI=1S/C22H26N2O3/c1-14(2)18-8-6-7-9-19(18)24-21(27)22(4,5)20(26)23-17-12-10-16(11-13-17)15(3)25/h6-14H,1-5H3,(H,23,26)(H,24,27). The van der Waals surface area contributed by atoms with Gasteiger partial charge in [-0.05, 0) is 62.6 Å². The fraction of sp³-hybridized carbons (Fsp3) is 0.318. The lowest BCUT2D eigenvalue weighted by molar-refractivity contribution is -0.135. The van der Waals surface area contributed by atoms with E-state index in [1.54, 1.807) is 38.1 Å². The monoisotopic (exact) mass is 366 g/mol. The second-order valence-corrected chi connectivity index (χ2v) is 7.41. The van der Waals surface area contributed by atoms with Crippen molar-refractivity contribution in [1.82, 2.24) is 0 Å². The summed E-state index contributed by atoms with van der Waals surface area (Å²) in [7, 11) is 0. The highest BCUT2D eigenvalue weighted by molar-refractivity contribution is 6.14. The molecule has 142 valence electrons. The third kappa shape index (κ3) is 4.82. The summed E-state index contributed by atoms with van der Waals surface area (Å²) in [5.41, 5.74) is 1.55. The Hall–Kier alpha value is -2.95. The summed E-state index contributed by atoms with van der Waals surface area (Å²) in [5, 5.41) is 5.62. The number of carbonyl (C=O) groups is 3. The number of hydrogen-bond donors (Lipinski definition) is 2. The van der Waals surface area contributed by atoms with E-state index in [9.17, 15) is 14.4 Å². The highest BCUT2D eigenvalue weighted by Crippen LogP contribution is 2.27. The molecule has 27 heavy (non-hydrogen) atoms. The molecule has 2 aromatic rings. The molecule has 0 unspecified atom stereocenters. The molecule has 2 aromatic carbocycles. The first-order valence-corrected chi connectivity index (χ1v) is 8.95. The lowest BCUT2D eigenvalue weighted by Crippen LogP contribution is -2.41. The molecule has 0 aliphatic rings. The van der Waals surface area contributed by atoms with Gasteiger partial charge in [-0.1, -0.05) is 32.0 Å². The molecule has 0 bridgehead atoms. The molecule has 2 amide bonds. The highest BCUT2D eigenvalue weighted by atomic mass is 16.2. The van der Waals surface area contributed by atoms with Gasteiger partial charge in [0.1, 0.15) is 5.41 Å². The van der Waals surface area contributed by atoms with Gasteiger partial charge in [0.25, 0.3) is 0 Å². The SMILES string of the molecule is CC(=O)c1ccc(NC(=O)C(C)(C)C(=O)Nc2ccccc2C(C)C)cc1. The minimum atomic E-state index is -1.27. The van der Waals surface area contributed by atoms with Gasteiger partial charge in [-0.3, -0.25) is 14.4 Å². The van der Waals surface area contributed by atoms with Crippen molar-refractivity contribution < 1.29 is 14.4 Å². The van der Waals surface area contributed by atoms with Gasteiger partial charge in [0.2, 0.25) is 11.8 Å². The van der Waals surface area contributed by atoms with E-state index in [2.05, 4.69) is 10.6 Å². The van der Waals surface area contributed by atoms with Gasteiger partial charge in [-0.25, -0.2) is 0 Å². The van der Waals surface area contributed by atoms with Crippen molar-refractivity contribution in [2.24, 2.45) is 5.41 Å². The Kier molecular flexibility index (Phi) is 6.16.